The topological polar surface area (TPSA) is 108 Å². The maximum absolute atomic E-state index is 12.1. The second-order valence-corrected chi connectivity index (χ2v) is 7.46. The molecule has 8 nitrogen and oxygen atoms in total. The van der Waals surface area contributed by atoms with Gasteiger partial charge in [0.15, 0.2) is 12.7 Å². The number of anilines is 1. The summed E-state index contributed by atoms with van der Waals surface area (Å²) in [5, 5.41) is 13.3. The number of ether oxygens (including phenoxy) is 2. The van der Waals surface area contributed by atoms with E-state index in [1.165, 1.54) is 25.1 Å². The van der Waals surface area contributed by atoms with Crippen LogP contribution < -0.4 is 10.1 Å². The Morgan fingerprint density at radius 2 is 1.72 bits per heavy atom. The minimum atomic E-state index is -0.922. The van der Waals surface area contributed by atoms with E-state index < -0.39 is 29.5 Å². The highest BCUT2D eigenvalue weighted by Gasteiger charge is 2.20. The molecule has 29 heavy (non-hydrogen) atoms. The van der Waals surface area contributed by atoms with E-state index in [4.69, 9.17) is 9.47 Å². The van der Waals surface area contributed by atoms with Crippen molar-refractivity contribution in [1.29, 1.82) is 0 Å². The van der Waals surface area contributed by atoms with Crippen molar-refractivity contribution >= 4 is 23.3 Å². The lowest BCUT2D eigenvalue weighted by molar-refractivity contribution is -0.383. The molecule has 0 aromatic heterocycles. The van der Waals surface area contributed by atoms with Crippen LogP contribution in [0.3, 0.4) is 0 Å². The predicted octanol–water partition coefficient (Wildman–Crippen LogP) is 3.84. The molecule has 0 radical (unpaired) electrons. The summed E-state index contributed by atoms with van der Waals surface area (Å²) in [6, 6.07) is 13.1. The molecule has 0 saturated heterocycles. The van der Waals surface area contributed by atoms with Gasteiger partial charge in [-0.3, -0.25) is 14.9 Å². The average molecular weight is 400 g/mol. The first kappa shape index (κ1) is 21.9. The van der Waals surface area contributed by atoms with E-state index in [0.717, 1.165) is 5.56 Å². The number of nitro groups is 1. The van der Waals surface area contributed by atoms with E-state index in [1.54, 1.807) is 18.2 Å². The Labute approximate surface area is 169 Å². The number of esters is 1. The number of para-hydroxylation sites is 2. The van der Waals surface area contributed by atoms with Crippen LogP contribution in [0.2, 0.25) is 0 Å². The number of nitrogens with zero attached hydrogens (tertiary/aromatic N) is 1. The first-order valence-electron chi connectivity index (χ1n) is 9.05. The molecule has 0 bridgehead atoms. The summed E-state index contributed by atoms with van der Waals surface area (Å²) in [6.45, 7) is 7.22. The van der Waals surface area contributed by atoms with Crippen molar-refractivity contribution in [1.82, 2.24) is 0 Å². The molecule has 0 fully saturated rings. The van der Waals surface area contributed by atoms with Crippen molar-refractivity contribution in [3.8, 4) is 5.75 Å². The number of carbonyl (C=O) groups is 2. The number of amides is 1. The molecule has 0 aliphatic carbocycles. The van der Waals surface area contributed by atoms with Gasteiger partial charge in [0, 0.05) is 6.07 Å². The van der Waals surface area contributed by atoms with Crippen LogP contribution in [-0.4, -0.2) is 29.5 Å². The van der Waals surface area contributed by atoms with Crippen LogP contribution in [0.5, 0.6) is 5.75 Å². The maximum atomic E-state index is 12.1. The van der Waals surface area contributed by atoms with E-state index in [-0.39, 0.29) is 16.8 Å². The van der Waals surface area contributed by atoms with Crippen molar-refractivity contribution < 1.29 is 24.0 Å². The highest BCUT2D eigenvalue weighted by atomic mass is 16.6. The fourth-order valence-corrected chi connectivity index (χ4v) is 2.46. The molecule has 0 saturated carbocycles. The van der Waals surface area contributed by atoms with Crippen molar-refractivity contribution in [3.05, 3.63) is 64.2 Å². The van der Waals surface area contributed by atoms with Crippen molar-refractivity contribution in [2.24, 2.45) is 0 Å². The van der Waals surface area contributed by atoms with Gasteiger partial charge < -0.3 is 14.8 Å². The van der Waals surface area contributed by atoms with E-state index in [1.807, 2.05) is 12.1 Å². The summed E-state index contributed by atoms with van der Waals surface area (Å²) >= 11 is 0. The van der Waals surface area contributed by atoms with Gasteiger partial charge in [0.1, 0.15) is 11.4 Å². The van der Waals surface area contributed by atoms with Crippen LogP contribution in [0.4, 0.5) is 11.4 Å². The highest BCUT2D eigenvalue weighted by Crippen LogP contribution is 2.25. The van der Waals surface area contributed by atoms with E-state index in [0.29, 0.717) is 5.75 Å². The number of carbonyl (C=O) groups excluding carboxylic acids is 2. The van der Waals surface area contributed by atoms with Gasteiger partial charge in [-0.2, -0.15) is 0 Å². The molecule has 2 rings (SSSR count). The van der Waals surface area contributed by atoms with Gasteiger partial charge in [0.05, 0.1) is 4.92 Å². The number of hydrogen-bond acceptors (Lipinski definition) is 6. The molecule has 0 aliphatic heterocycles. The molecule has 1 amide bonds. The molecule has 0 unspecified atom stereocenters. The fraction of sp³-hybridized carbons (Fsp3) is 0.333. The second-order valence-electron chi connectivity index (χ2n) is 7.46. The van der Waals surface area contributed by atoms with E-state index in [9.17, 15) is 19.7 Å². The number of hydrogen-bond donors (Lipinski definition) is 1. The zero-order chi connectivity index (χ0) is 21.6. The van der Waals surface area contributed by atoms with Gasteiger partial charge in [-0.05, 0) is 36.1 Å². The van der Waals surface area contributed by atoms with Crippen molar-refractivity contribution in [3.63, 3.8) is 0 Å². The normalized spacial score (nSPS) is 12.0. The van der Waals surface area contributed by atoms with Gasteiger partial charge >= 0.3 is 5.97 Å². The Morgan fingerprint density at radius 1 is 1.10 bits per heavy atom. The monoisotopic (exact) mass is 400 g/mol. The Balaban J connectivity index is 1.87. The van der Waals surface area contributed by atoms with Gasteiger partial charge in [-0.25, -0.2) is 4.79 Å². The van der Waals surface area contributed by atoms with Gasteiger partial charge in [0.25, 0.3) is 11.6 Å². The first-order valence-corrected chi connectivity index (χ1v) is 9.05. The molecule has 8 heteroatoms. The Morgan fingerprint density at radius 3 is 2.31 bits per heavy atom. The molecule has 154 valence electrons. The van der Waals surface area contributed by atoms with Crippen LogP contribution in [0, 0.1) is 10.1 Å². The molecule has 2 aromatic carbocycles. The largest absolute Gasteiger partial charge is 0.479 e. The Bertz CT molecular complexity index is 887. The van der Waals surface area contributed by atoms with Gasteiger partial charge in [0.2, 0.25) is 0 Å². The third-order valence-electron chi connectivity index (χ3n) is 4.09. The minimum absolute atomic E-state index is 0.00423. The van der Waals surface area contributed by atoms with Crippen molar-refractivity contribution in [2.45, 2.75) is 39.2 Å². The quantitative estimate of drug-likeness (QED) is 0.430. The number of benzene rings is 2. The first-order chi connectivity index (χ1) is 13.6. The standard InChI is InChI=1S/C21H24N2O6/c1-14(29-16-11-9-15(10-12-16)21(2,3)4)20(25)28-13-19(24)22-17-7-5-6-8-18(17)23(26)27/h5-12,14H,13H2,1-4H3,(H,22,24)/t14-/m1/s1. The van der Waals surface area contributed by atoms with Crippen LogP contribution >= 0.6 is 0 Å². The smallest absolute Gasteiger partial charge is 0.347 e. The lowest BCUT2D eigenvalue weighted by Crippen LogP contribution is -2.29. The lowest BCUT2D eigenvalue weighted by atomic mass is 9.87. The van der Waals surface area contributed by atoms with Gasteiger partial charge in [-0.1, -0.05) is 45.0 Å². The minimum Gasteiger partial charge on any atom is -0.479 e. The van der Waals surface area contributed by atoms with Gasteiger partial charge in [-0.15, -0.1) is 0 Å². The highest BCUT2D eigenvalue weighted by molar-refractivity contribution is 5.95. The summed E-state index contributed by atoms with van der Waals surface area (Å²) in [7, 11) is 0. The summed E-state index contributed by atoms with van der Waals surface area (Å²) < 4.78 is 10.5. The maximum Gasteiger partial charge on any atom is 0.347 e. The zero-order valence-electron chi connectivity index (χ0n) is 16.8. The summed E-state index contributed by atoms with van der Waals surface area (Å²) in [5.41, 5.74) is 0.917. The Kier molecular flexibility index (Phi) is 6.93. The van der Waals surface area contributed by atoms with Crippen LogP contribution in [-0.2, 0) is 19.7 Å². The number of nitro benzene ring substituents is 1. The van der Waals surface area contributed by atoms with E-state index in [2.05, 4.69) is 26.1 Å². The predicted molar refractivity (Wildman–Crippen MR) is 108 cm³/mol. The SMILES string of the molecule is C[C@@H](Oc1ccc(C(C)(C)C)cc1)C(=O)OCC(=O)Nc1ccccc1[N+](=O)[O-]. The zero-order valence-corrected chi connectivity index (χ0v) is 16.8. The third-order valence-corrected chi connectivity index (χ3v) is 4.09. The molecule has 1 N–H and O–H groups in total. The molecule has 1 atom stereocenters. The van der Waals surface area contributed by atoms with Crippen LogP contribution in [0.15, 0.2) is 48.5 Å². The fourth-order valence-electron chi connectivity index (χ4n) is 2.46. The second kappa shape index (κ2) is 9.18. The summed E-state index contributed by atoms with van der Waals surface area (Å²) in [6.07, 6.45) is -0.922. The van der Waals surface area contributed by atoms with Crippen molar-refractivity contribution in [2.75, 3.05) is 11.9 Å². The molecular formula is C21H24N2O6. The summed E-state index contributed by atoms with van der Waals surface area (Å²) in [4.78, 5) is 34.4. The molecule has 0 heterocycles. The number of rotatable bonds is 7. The van der Waals surface area contributed by atoms with Crippen LogP contribution in [0.1, 0.15) is 33.3 Å². The molecular weight excluding hydrogens is 376 g/mol. The third kappa shape index (κ3) is 6.31. The number of nitrogens with one attached hydrogen (secondary N) is 1. The average Bonchev–Trinajstić information content (AvgIpc) is 2.66. The summed E-state index contributed by atoms with van der Waals surface area (Å²) in [5.74, 6) is -0.899. The van der Waals surface area contributed by atoms with E-state index >= 15 is 0 Å². The van der Waals surface area contributed by atoms with Crippen LogP contribution in [0.25, 0.3) is 0 Å². The molecule has 0 aliphatic rings. The molecule has 0 spiro atoms. The molecule has 2 aromatic rings. The Hall–Kier alpha value is -3.42. The lowest BCUT2D eigenvalue weighted by Gasteiger charge is -2.20.